The number of hydrogen-bond donors (Lipinski definition) is 2. The van der Waals surface area contributed by atoms with Gasteiger partial charge in [0.2, 0.25) is 0 Å². The highest BCUT2D eigenvalue weighted by Gasteiger charge is 2.31. The minimum absolute atomic E-state index is 0.333. The van der Waals surface area contributed by atoms with Crippen LogP contribution in [0.3, 0.4) is 0 Å². The van der Waals surface area contributed by atoms with Gasteiger partial charge < -0.3 is 10.4 Å². The first-order valence-corrected chi connectivity index (χ1v) is 6.66. The Bertz CT molecular complexity index is 162. The van der Waals surface area contributed by atoms with Gasteiger partial charge in [-0.05, 0) is 45.1 Å². The van der Waals surface area contributed by atoms with Gasteiger partial charge in [0.25, 0.3) is 0 Å². The summed E-state index contributed by atoms with van der Waals surface area (Å²) in [6, 6.07) is 0.659. The molecule has 2 heteroatoms. The molecule has 0 aromatic rings. The second-order valence-electron chi connectivity index (χ2n) is 5.06. The van der Waals surface area contributed by atoms with Gasteiger partial charge in [-0.1, -0.05) is 26.7 Å². The lowest BCUT2D eigenvalue weighted by Gasteiger charge is -2.36. The summed E-state index contributed by atoms with van der Waals surface area (Å²) >= 11 is 0. The fourth-order valence-corrected chi connectivity index (χ4v) is 2.46. The molecule has 0 bridgehead atoms. The van der Waals surface area contributed by atoms with Gasteiger partial charge in [0.05, 0.1) is 5.60 Å². The Hall–Kier alpha value is -0.0800. The second kappa shape index (κ2) is 6.49. The van der Waals surface area contributed by atoms with Crippen molar-refractivity contribution >= 4 is 0 Å². The lowest BCUT2D eigenvalue weighted by molar-refractivity contribution is -0.0126. The van der Waals surface area contributed by atoms with Crippen molar-refractivity contribution < 1.29 is 5.11 Å². The predicted octanol–water partition coefficient (Wildman–Crippen LogP) is 2.85. The molecule has 90 valence electrons. The summed E-state index contributed by atoms with van der Waals surface area (Å²) in [6.07, 6.45) is 8.87. The molecule has 2 N–H and O–H groups in total. The molecule has 0 atom stereocenters. The standard InChI is InChI=1S/C13H27NO/c1-3-5-8-13(15)9-6-12(7-10-13)14-11-4-2/h12,14-15H,3-11H2,1-2H3. The van der Waals surface area contributed by atoms with E-state index in [9.17, 15) is 5.11 Å². The van der Waals surface area contributed by atoms with E-state index in [4.69, 9.17) is 0 Å². The van der Waals surface area contributed by atoms with E-state index in [-0.39, 0.29) is 5.60 Å². The lowest BCUT2D eigenvalue weighted by atomic mass is 9.79. The third-order valence-corrected chi connectivity index (χ3v) is 3.60. The van der Waals surface area contributed by atoms with Crippen molar-refractivity contribution in [2.45, 2.75) is 76.9 Å². The molecule has 1 saturated carbocycles. The predicted molar refractivity (Wildman–Crippen MR) is 65.0 cm³/mol. The molecule has 1 rings (SSSR count). The van der Waals surface area contributed by atoms with Crippen LogP contribution in [-0.4, -0.2) is 23.3 Å². The summed E-state index contributed by atoms with van der Waals surface area (Å²) in [4.78, 5) is 0. The van der Waals surface area contributed by atoms with Crippen molar-refractivity contribution in [3.05, 3.63) is 0 Å². The number of hydrogen-bond acceptors (Lipinski definition) is 2. The molecule has 0 unspecified atom stereocenters. The van der Waals surface area contributed by atoms with E-state index < -0.39 is 0 Å². The smallest absolute Gasteiger partial charge is 0.0649 e. The molecular formula is C13H27NO. The Morgan fingerprint density at radius 2 is 1.87 bits per heavy atom. The number of unbranched alkanes of at least 4 members (excludes halogenated alkanes) is 1. The van der Waals surface area contributed by atoms with Gasteiger partial charge >= 0.3 is 0 Å². The van der Waals surface area contributed by atoms with Gasteiger partial charge in [-0.3, -0.25) is 0 Å². The van der Waals surface area contributed by atoms with E-state index >= 15 is 0 Å². The largest absolute Gasteiger partial charge is 0.390 e. The zero-order valence-electron chi connectivity index (χ0n) is 10.4. The highest BCUT2D eigenvalue weighted by atomic mass is 16.3. The Morgan fingerprint density at radius 3 is 2.40 bits per heavy atom. The van der Waals surface area contributed by atoms with E-state index in [1.54, 1.807) is 0 Å². The maximum atomic E-state index is 10.3. The number of aliphatic hydroxyl groups is 1. The van der Waals surface area contributed by atoms with Crippen LogP contribution in [0.5, 0.6) is 0 Å². The summed E-state index contributed by atoms with van der Waals surface area (Å²) < 4.78 is 0. The van der Waals surface area contributed by atoms with E-state index in [1.807, 2.05) is 0 Å². The number of nitrogens with one attached hydrogen (secondary N) is 1. The number of rotatable bonds is 6. The molecule has 0 amide bonds. The molecule has 1 aliphatic rings. The van der Waals surface area contributed by atoms with Crippen molar-refractivity contribution in [2.75, 3.05) is 6.54 Å². The summed E-state index contributed by atoms with van der Waals surface area (Å²) in [6.45, 7) is 5.52. The van der Waals surface area contributed by atoms with Gasteiger partial charge in [-0.15, -0.1) is 0 Å². The SMILES string of the molecule is CCCCC1(O)CCC(NCCC)CC1. The monoisotopic (exact) mass is 213 g/mol. The van der Waals surface area contributed by atoms with Crippen LogP contribution >= 0.6 is 0 Å². The van der Waals surface area contributed by atoms with Crippen LogP contribution < -0.4 is 5.32 Å². The van der Waals surface area contributed by atoms with E-state index in [1.165, 1.54) is 19.3 Å². The Balaban J connectivity index is 2.21. The van der Waals surface area contributed by atoms with Crippen LogP contribution in [0.25, 0.3) is 0 Å². The van der Waals surface area contributed by atoms with E-state index in [0.29, 0.717) is 6.04 Å². The minimum atomic E-state index is -0.333. The molecule has 1 aliphatic carbocycles. The average molecular weight is 213 g/mol. The fraction of sp³-hybridized carbons (Fsp3) is 1.00. The van der Waals surface area contributed by atoms with Crippen LogP contribution in [0.1, 0.15) is 65.2 Å². The fourth-order valence-electron chi connectivity index (χ4n) is 2.46. The van der Waals surface area contributed by atoms with Gasteiger partial charge in [0.1, 0.15) is 0 Å². The molecule has 0 spiro atoms. The van der Waals surface area contributed by atoms with Gasteiger partial charge in [0.15, 0.2) is 0 Å². The van der Waals surface area contributed by atoms with Crippen molar-refractivity contribution in [1.82, 2.24) is 5.32 Å². The van der Waals surface area contributed by atoms with Gasteiger partial charge in [0, 0.05) is 6.04 Å². The second-order valence-corrected chi connectivity index (χ2v) is 5.06. The zero-order valence-corrected chi connectivity index (χ0v) is 10.4. The first-order valence-electron chi connectivity index (χ1n) is 6.66. The lowest BCUT2D eigenvalue weighted by Crippen LogP contribution is -2.41. The van der Waals surface area contributed by atoms with E-state index in [2.05, 4.69) is 19.2 Å². The van der Waals surface area contributed by atoms with Crippen LogP contribution in [0.2, 0.25) is 0 Å². The molecule has 0 aromatic heterocycles. The highest BCUT2D eigenvalue weighted by molar-refractivity contribution is 4.87. The maximum Gasteiger partial charge on any atom is 0.0649 e. The molecule has 2 nitrogen and oxygen atoms in total. The molecule has 1 fully saturated rings. The zero-order chi connectivity index (χ0) is 11.1. The summed E-state index contributed by atoms with van der Waals surface area (Å²) in [5, 5.41) is 13.9. The topological polar surface area (TPSA) is 32.3 Å². The first-order chi connectivity index (χ1) is 7.20. The Kier molecular flexibility index (Phi) is 5.62. The highest BCUT2D eigenvalue weighted by Crippen LogP contribution is 2.32. The summed E-state index contributed by atoms with van der Waals surface area (Å²) in [5.41, 5.74) is -0.333. The third-order valence-electron chi connectivity index (χ3n) is 3.60. The summed E-state index contributed by atoms with van der Waals surface area (Å²) in [7, 11) is 0. The molecule has 0 heterocycles. The average Bonchev–Trinajstić information content (AvgIpc) is 2.26. The van der Waals surface area contributed by atoms with Crippen LogP contribution in [0, 0.1) is 0 Å². The van der Waals surface area contributed by atoms with Gasteiger partial charge in [-0.25, -0.2) is 0 Å². The van der Waals surface area contributed by atoms with Crippen LogP contribution in [0.4, 0.5) is 0 Å². The van der Waals surface area contributed by atoms with Crippen molar-refractivity contribution in [3.8, 4) is 0 Å². The molecule has 0 aromatic carbocycles. The van der Waals surface area contributed by atoms with Crippen molar-refractivity contribution in [3.63, 3.8) is 0 Å². The Labute approximate surface area is 94.5 Å². The van der Waals surface area contributed by atoms with E-state index in [0.717, 1.165) is 38.6 Å². The first kappa shape index (κ1) is 13.0. The maximum absolute atomic E-state index is 10.3. The molecule has 0 radical (unpaired) electrons. The van der Waals surface area contributed by atoms with Gasteiger partial charge in [-0.2, -0.15) is 0 Å². The quantitative estimate of drug-likeness (QED) is 0.711. The molecular weight excluding hydrogens is 186 g/mol. The van der Waals surface area contributed by atoms with Crippen molar-refractivity contribution in [2.24, 2.45) is 0 Å². The minimum Gasteiger partial charge on any atom is -0.390 e. The molecule has 0 saturated heterocycles. The van der Waals surface area contributed by atoms with Crippen LogP contribution in [-0.2, 0) is 0 Å². The normalized spacial score (nSPS) is 31.8. The van der Waals surface area contributed by atoms with Crippen LogP contribution in [0.15, 0.2) is 0 Å². The molecule has 0 aliphatic heterocycles. The molecule has 15 heavy (non-hydrogen) atoms. The summed E-state index contributed by atoms with van der Waals surface area (Å²) in [5.74, 6) is 0. The van der Waals surface area contributed by atoms with Crippen molar-refractivity contribution in [1.29, 1.82) is 0 Å². The Morgan fingerprint density at radius 1 is 1.20 bits per heavy atom. The third kappa shape index (κ3) is 4.52.